The maximum absolute atomic E-state index is 11.4. The van der Waals surface area contributed by atoms with E-state index in [1.807, 2.05) is 0 Å². The Bertz CT molecular complexity index is 405. The number of likely N-dealkylation sites (tertiary alicyclic amines) is 1. The van der Waals surface area contributed by atoms with E-state index in [1.54, 1.807) is 17.8 Å². The minimum atomic E-state index is 0.0664. The van der Waals surface area contributed by atoms with Crippen LogP contribution in [0.4, 0.5) is 0 Å². The van der Waals surface area contributed by atoms with Gasteiger partial charge in [0.05, 0.1) is 0 Å². The highest BCUT2D eigenvalue weighted by molar-refractivity contribution is 5.08. The number of aromatic nitrogens is 2. The smallest absolute Gasteiger partial charge is 0.266 e. The van der Waals surface area contributed by atoms with Gasteiger partial charge < -0.3 is 4.90 Å². The molecule has 16 heavy (non-hydrogen) atoms. The van der Waals surface area contributed by atoms with Gasteiger partial charge in [0, 0.05) is 37.3 Å². The van der Waals surface area contributed by atoms with Crippen molar-refractivity contribution in [2.75, 3.05) is 13.1 Å². The Morgan fingerprint density at radius 3 is 2.81 bits per heavy atom. The van der Waals surface area contributed by atoms with Crippen LogP contribution in [-0.2, 0) is 7.05 Å². The monoisotopic (exact) mass is 223 g/mol. The van der Waals surface area contributed by atoms with E-state index in [2.05, 4.69) is 23.8 Å². The molecule has 0 amide bonds. The summed E-state index contributed by atoms with van der Waals surface area (Å²) in [6.45, 7) is 6.72. The first kappa shape index (κ1) is 11.5. The molecule has 1 N–H and O–H groups in total. The lowest BCUT2D eigenvalue weighted by atomic mass is 9.94. The molecule has 2 rings (SSSR count). The van der Waals surface area contributed by atoms with E-state index < -0.39 is 0 Å². The van der Waals surface area contributed by atoms with Crippen molar-refractivity contribution in [2.45, 2.75) is 38.6 Å². The minimum Gasteiger partial charge on any atom is -0.300 e. The lowest BCUT2D eigenvalue weighted by Crippen LogP contribution is -2.39. The van der Waals surface area contributed by atoms with Crippen LogP contribution in [0.1, 0.15) is 38.3 Å². The summed E-state index contributed by atoms with van der Waals surface area (Å²) >= 11 is 0. The Labute approximate surface area is 96.2 Å². The van der Waals surface area contributed by atoms with Gasteiger partial charge in [0.15, 0.2) is 0 Å². The van der Waals surface area contributed by atoms with Crippen molar-refractivity contribution in [2.24, 2.45) is 7.05 Å². The van der Waals surface area contributed by atoms with Crippen molar-refractivity contribution < 1.29 is 0 Å². The quantitative estimate of drug-likeness (QED) is 0.821. The van der Waals surface area contributed by atoms with Gasteiger partial charge in [0.1, 0.15) is 0 Å². The predicted octanol–water partition coefficient (Wildman–Crippen LogP) is 1.30. The van der Waals surface area contributed by atoms with Crippen molar-refractivity contribution >= 4 is 0 Å². The molecule has 4 heteroatoms. The van der Waals surface area contributed by atoms with Crippen LogP contribution in [0, 0.1) is 0 Å². The van der Waals surface area contributed by atoms with Crippen molar-refractivity contribution in [1.82, 2.24) is 14.7 Å². The van der Waals surface area contributed by atoms with Gasteiger partial charge in [-0.15, -0.1) is 0 Å². The van der Waals surface area contributed by atoms with Crippen molar-refractivity contribution in [3.8, 4) is 0 Å². The van der Waals surface area contributed by atoms with Crippen LogP contribution in [0.2, 0.25) is 0 Å². The van der Waals surface area contributed by atoms with Gasteiger partial charge >= 0.3 is 0 Å². The molecule has 0 aromatic carbocycles. The average Bonchev–Trinajstić information content (AvgIpc) is 2.59. The summed E-state index contributed by atoms with van der Waals surface area (Å²) in [4.78, 5) is 13.9. The summed E-state index contributed by atoms with van der Waals surface area (Å²) in [6, 6.07) is 2.34. The van der Waals surface area contributed by atoms with E-state index in [9.17, 15) is 4.79 Å². The maximum Gasteiger partial charge on any atom is 0.266 e. The fourth-order valence-corrected chi connectivity index (χ4v) is 2.45. The summed E-state index contributed by atoms with van der Waals surface area (Å²) in [7, 11) is 1.77. The van der Waals surface area contributed by atoms with Crippen molar-refractivity contribution in [3.63, 3.8) is 0 Å². The van der Waals surface area contributed by atoms with Gasteiger partial charge in [-0.05, 0) is 33.2 Å². The predicted molar refractivity (Wildman–Crippen MR) is 64.7 cm³/mol. The summed E-state index contributed by atoms with van der Waals surface area (Å²) in [5.41, 5.74) is 1.16. The second-order valence-corrected chi connectivity index (χ2v) is 5.04. The summed E-state index contributed by atoms with van der Waals surface area (Å²) in [5, 5.41) is 3.15. The number of aromatic amines is 1. The van der Waals surface area contributed by atoms with Crippen LogP contribution in [-0.4, -0.2) is 33.8 Å². The molecule has 1 aromatic rings. The first-order valence-electron chi connectivity index (χ1n) is 6.08. The third kappa shape index (κ3) is 2.21. The summed E-state index contributed by atoms with van der Waals surface area (Å²) in [6.07, 6.45) is 2.41. The zero-order valence-corrected chi connectivity index (χ0v) is 10.4. The normalized spacial score (nSPS) is 22.9. The fraction of sp³-hybridized carbons (Fsp3) is 0.750. The Kier molecular flexibility index (Phi) is 3.19. The standard InChI is InChI=1S/C12H21N3O/c1-9(2)15-6-4-5-10(8-15)11-7-12(16)14(3)13-11/h7,9-10,13H,4-6,8H2,1-3H3. The summed E-state index contributed by atoms with van der Waals surface area (Å²) in [5.74, 6) is 0.491. The van der Waals surface area contributed by atoms with E-state index in [4.69, 9.17) is 0 Å². The largest absolute Gasteiger partial charge is 0.300 e. The number of rotatable bonds is 2. The molecule has 1 aliphatic rings. The second-order valence-electron chi connectivity index (χ2n) is 5.04. The van der Waals surface area contributed by atoms with E-state index in [-0.39, 0.29) is 5.56 Å². The zero-order valence-electron chi connectivity index (χ0n) is 10.4. The molecule has 1 fully saturated rings. The summed E-state index contributed by atoms with van der Waals surface area (Å²) < 4.78 is 1.56. The number of H-pyrrole nitrogens is 1. The number of piperidine rings is 1. The number of hydrogen-bond acceptors (Lipinski definition) is 2. The number of aryl methyl sites for hydroxylation is 1. The molecule has 2 heterocycles. The van der Waals surface area contributed by atoms with Gasteiger partial charge in [0.2, 0.25) is 0 Å². The highest BCUT2D eigenvalue weighted by Gasteiger charge is 2.24. The molecule has 0 saturated carbocycles. The van der Waals surface area contributed by atoms with E-state index in [0.717, 1.165) is 12.2 Å². The molecular formula is C12H21N3O. The second kappa shape index (κ2) is 4.45. The number of nitrogens with zero attached hydrogens (tertiary/aromatic N) is 2. The van der Waals surface area contributed by atoms with E-state index >= 15 is 0 Å². The molecule has 1 unspecified atom stereocenters. The number of hydrogen-bond donors (Lipinski definition) is 1. The van der Waals surface area contributed by atoms with Crippen LogP contribution in [0.3, 0.4) is 0 Å². The lowest BCUT2D eigenvalue weighted by Gasteiger charge is -2.34. The maximum atomic E-state index is 11.4. The lowest BCUT2D eigenvalue weighted by molar-refractivity contribution is 0.166. The highest BCUT2D eigenvalue weighted by Crippen LogP contribution is 2.25. The molecule has 1 saturated heterocycles. The first-order valence-corrected chi connectivity index (χ1v) is 6.08. The van der Waals surface area contributed by atoms with Gasteiger partial charge in [0.25, 0.3) is 5.56 Å². The van der Waals surface area contributed by atoms with Gasteiger partial charge in [-0.2, -0.15) is 0 Å². The molecule has 0 aliphatic carbocycles. The molecule has 4 nitrogen and oxygen atoms in total. The van der Waals surface area contributed by atoms with Crippen LogP contribution >= 0.6 is 0 Å². The SMILES string of the molecule is CC(C)N1CCCC(c2cc(=O)n(C)[nH]2)C1. The fourth-order valence-electron chi connectivity index (χ4n) is 2.45. The van der Waals surface area contributed by atoms with Crippen LogP contribution < -0.4 is 5.56 Å². The van der Waals surface area contributed by atoms with Crippen LogP contribution in [0.5, 0.6) is 0 Å². The van der Waals surface area contributed by atoms with E-state index in [1.165, 1.54) is 19.4 Å². The Hall–Kier alpha value is -1.03. The van der Waals surface area contributed by atoms with Gasteiger partial charge in [-0.25, -0.2) is 0 Å². The third-order valence-electron chi connectivity index (χ3n) is 3.53. The zero-order chi connectivity index (χ0) is 11.7. The molecule has 1 atom stereocenters. The van der Waals surface area contributed by atoms with Crippen molar-refractivity contribution in [3.05, 3.63) is 22.1 Å². The average molecular weight is 223 g/mol. The Morgan fingerprint density at radius 2 is 2.25 bits per heavy atom. The van der Waals surface area contributed by atoms with Gasteiger partial charge in [-0.3, -0.25) is 14.6 Å². The molecule has 90 valence electrons. The van der Waals surface area contributed by atoms with Crippen LogP contribution in [0.25, 0.3) is 0 Å². The molecule has 1 aromatic heterocycles. The van der Waals surface area contributed by atoms with Crippen LogP contribution in [0.15, 0.2) is 10.9 Å². The molecule has 0 bridgehead atoms. The topological polar surface area (TPSA) is 41.0 Å². The Morgan fingerprint density at radius 1 is 1.50 bits per heavy atom. The third-order valence-corrected chi connectivity index (χ3v) is 3.53. The minimum absolute atomic E-state index is 0.0664. The first-order chi connectivity index (χ1) is 7.58. The van der Waals surface area contributed by atoms with Gasteiger partial charge in [-0.1, -0.05) is 0 Å². The number of nitrogens with one attached hydrogen (secondary N) is 1. The molecule has 0 spiro atoms. The molecular weight excluding hydrogens is 202 g/mol. The van der Waals surface area contributed by atoms with E-state index in [0.29, 0.717) is 12.0 Å². The molecule has 1 aliphatic heterocycles. The Balaban J connectivity index is 2.12. The highest BCUT2D eigenvalue weighted by atomic mass is 16.1. The molecule has 0 radical (unpaired) electrons. The van der Waals surface area contributed by atoms with Crippen molar-refractivity contribution in [1.29, 1.82) is 0 Å².